The molecule has 0 saturated heterocycles. The highest BCUT2D eigenvalue weighted by molar-refractivity contribution is 6.21. The van der Waals surface area contributed by atoms with Crippen LogP contribution in [-0.2, 0) is 16.1 Å². The molecule has 0 radical (unpaired) electrons. The molecule has 2 aromatic rings. The van der Waals surface area contributed by atoms with Crippen molar-refractivity contribution in [1.29, 1.82) is 0 Å². The Morgan fingerprint density at radius 2 is 1.79 bits per heavy atom. The lowest BCUT2D eigenvalue weighted by molar-refractivity contribution is -0.123. The van der Waals surface area contributed by atoms with Gasteiger partial charge < -0.3 is 14.5 Å². The summed E-state index contributed by atoms with van der Waals surface area (Å²) in [6, 6.07) is 6.68. The van der Waals surface area contributed by atoms with Crippen LogP contribution in [0, 0.1) is 0 Å². The number of rotatable bonds is 6. The summed E-state index contributed by atoms with van der Waals surface area (Å²) in [5, 5.41) is 4.87. The Hall–Kier alpha value is -3.95. The molecule has 5 amide bonds. The van der Waals surface area contributed by atoms with Crippen molar-refractivity contribution < 1.29 is 33.1 Å². The number of urea groups is 1. The van der Waals surface area contributed by atoms with Gasteiger partial charge in [-0.25, -0.2) is 9.59 Å². The molecule has 0 bridgehead atoms. The van der Waals surface area contributed by atoms with Crippen LogP contribution < -0.4 is 10.6 Å². The van der Waals surface area contributed by atoms with Crippen LogP contribution in [-0.4, -0.2) is 47.3 Å². The monoisotopic (exact) mass is 453 g/mol. The summed E-state index contributed by atoms with van der Waals surface area (Å²) in [6.45, 7) is -0.687. The predicted molar refractivity (Wildman–Crippen MR) is 113 cm³/mol. The van der Waals surface area contributed by atoms with Gasteiger partial charge in [0, 0.05) is 6.04 Å². The fraction of sp³-hybridized carbons (Fsp3) is 0.348. The third kappa shape index (κ3) is 5.11. The van der Waals surface area contributed by atoms with Crippen molar-refractivity contribution in [2.75, 3.05) is 6.61 Å². The summed E-state index contributed by atoms with van der Waals surface area (Å²) in [5.41, 5.74) is 0.242. The molecule has 2 aliphatic rings. The number of hydrogen-bond donors (Lipinski definition) is 2. The van der Waals surface area contributed by atoms with Crippen LogP contribution in [0.15, 0.2) is 41.0 Å². The SMILES string of the molecule is O=C(COC(=O)c1ccc2c(c1)C(=O)N(Cc1ccco1)C2=O)NC(=O)NC1CCCCC1. The highest BCUT2D eigenvalue weighted by atomic mass is 16.5. The lowest BCUT2D eigenvalue weighted by atomic mass is 9.96. The molecule has 33 heavy (non-hydrogen) atoms. The Morgan fingerprint density at radius 3 is 2.52 bits per heavy atom. The fourth-order valence-corrected chi connectivity index (χ4v) is 3.97. The minimum absolute atomic E-state index is 0.00852. The maximum atomic E-state index is 12.7. The highest BCUT2D eigenvalue weighted by Gasteiger charge is 2.36. The van der Waals surface area contributed by atoms with Crippen molar-refractivity contribution in [3.63, 3.8) is 0 Å². The van der Waals surface area contributed by atoms with Crippen LogP contribution in [0.2, 0.25) is 0 Å². The first-order chi connectivity index (χ1) is 15.9. The van der Waals surface area contributed by atoms with E-state index in [4.69, 9.17) is 9.15 Å². The highest BCUT2D eigenvalue weighted by Crippen LogP contribution is 2.26. The Balaban J connectivity index is 1.31. The second-order valence-electron chi connectivity index (χ2n) is 7.97. The normalized spacial score (nSPS) is 15.8. The molecular weight excluding hydrogens is 430 g/mol. The summed E-state index contributed by atoms with van der Waals surface area (Å²) in [7, 11) is 0. The van der Waals surface area contributed by atoms with E-state index in [1.807, 2.05) is 0 Å². The van der Waals surface area contributed by atoms with Gasteiger partial charge in [-0.05, 0) is 43.2 Å². The van der Waals surface area contributed by atoms with Crippen molar-refractivity contribution in [2.45, 2.75) is 44.7 Å². The zero-order valence-electron chi connectivity index (χ0n) is 17.8. The van der Waals surface area contributed by atoms with Gasteiger partial charge in [0.1, 0.15) is 5.76 Å². The first kappa shape index (κ1) is 22.3. The van der Waals surface area contributed by atoms with Crippen LogP contribution in [0.1, 0.15) is 68.9 Å². The van der Waals surface area contributed by atoms with E-state index in [0.717, 1.165) is 37.0 Å². The molecule has 1 aromatic carbocycles. The molecule has 0 unspecified atom stereocenters. The Labute approximate surface area is 189 Å². The second-order valence-corrected chi connectivity index (χ2v) is 7.97. The van der Waals surface area contributed by atoms with E-state index in [9.17, 15) is 24.0 Å². The van der Waals surface area contributed by atoms with Crippen LogP contribution in [0.4, 0.5) is 4.79 Å². The van der Waals surface area contributed by atoms with Gasteiger partial charge in [0.2, 0.25) is 0 Å². The van der Waals surface area contributed by atoms with Gasteiger partial charge in [-0.3, -0.25) is 24.6 Å². The van der Waals surface area contributed by atoms with E-state index >= 15 is 0 Å². The first-order valence-corrected chi connectivity index (χ1v) is 10.7. The van der Waals surface area contributed by atoms with Crippen LogP contribution in [0.5, 0.6) is 0 Å². The molecule has 1 aromatic heterocycles. The number of benzene rings is 1. The Kier molecular flexibility index (Phi) is 6.53. The van der Waals surface area contributed by atoms with E-state index in [1.165, 1.54) is 24.5 Å². The molecule has 0 atom stereocenters. The van der Waals surface area contributed by atoms with Gasteiger partial charge in [0.15, 0.2) is 6.61 Å². The molecule has 1 saturated carbocycles. The summed E-state index contributed by atoms with van der Waals surface area (Å²) in [6.07, 6.45) is 6.39. The number of furan rings is 1. The van der Waals surface area contributed by atoms with Crippen LogP contribution in [0.25, 0.3) is 0 Å². The van der Waals surface area contributed by atoms with E-state index < -0.39 is 36.3 Å². The minimum atomic E-state index is -0.856. The number of nitrogens with one attached hydrogen (secondary N) is 2. The molecule has 10 nitrogen and oxygen atoms in total. The summed E-state index contributed by atoms with van der Waals surface area (Å²) in [4.78, 5) is 62.4. The molecule has 10 heteroatoms. The van der Waals surface area contributed by atoms with E-state index in [1.54, 1.807) is 12.1 Å². The Morgan fingerprint density at radius 1 is 1.03 bits per heavy atom. The number of esters is 1. The van der Waals surface area contributed by atoms with Crippen molar-refractivity contribution >= 4 is 29.7 Å². The summed E-state index contributed by atoms with van der Waals surface area (Å²) in [5.74, 6) is -2.23. The van der Waals surface area contributed by atoms with Crippen LogP contribution in [0.3, 0.4) is 0 Å². The number of imide groups is 2. The van der Waals surface area contributed by atoms with E-state index in [-0.39, 0.29) is 29.3 Å². The smallest absolute Gasteiger partial charge is 0.338 e. The number of carbonyl (C=O) groups is 5. The molecule has 172 valence electrons. The number of carbonyl (C=O) groups excluding carboxylic acids is 5. The van der Waals surface area contributed by atoms with Gasteiger partial charge in [0.05, 0.1) is 29.5 Å². The van der Waals surface area contributed by atoms with E-state index in [0.29, 0.717) is 5.76 Å². The fourth-order valence-electron chi connectivity index (χ4n) is 3.97. The quantitative estimate of drug-likeness (QED) is 0.506. The lowest BCUT2D eigenvalue weighted by Crippen LogP contribution is -2.46. The van der Waals surface area contributed by atoms with Crippen molar-refractivity contribution in [2.24, 2.45) is 0 Å². The Bertz CT molecular complexity index is 1090. The van der Waals surface area contributed by atoms with Crippen molar-refractivity contribution in [3.05, 3.63) is 59.0 Å². The summed E-state index contributed by atoms with van der Waals surface area (Å²) < 4.78 is 10.1. The second kappa shape index (κ2) is 9.68. The number of nitrogens with zero attached hydrogens (tertiary/aromatic N) is 1. The zero-order valence-corrected chi connectivity index (χ0v) is 17.8. The van der Waals surface area contributed by atoms with Crippen molar-refractivity contribution in [1.82, 2.24) is 15.5 Å². The molecule has 2 N–H and O–H groups in total. The van der Waals surface area contributed by atoms with Gasteiger partial charge in [-0.2, -0.15) is 0 Å². The summed E-state index contributed by atoms with van der Waals surface area (Å²) >= 11 is 0. The zero-order chi connectivity index (χ0) is 23.4. The molecule has 4 rings (SSSR count). The third-order valence-corrected chi connectivity index (χ3v) is 5.63. The molecule has 1 aliphatic heterocycles. The van der Waals surface area contributed by atoms with Gasteiger partial charge in [0.25, 0.3) is 17.7 Å². The number of ether oxygens (including phenoxy) is 1. The molecule has 1 aliphatic carbocycles. The minimum Gasteiger partial charge on any atom is -0.467 e. The molecule has 1 fully saturated rings. The van der Waals surface area contributed by atoms with Gasteiger partial charge in [-0.1, -0.05) is 19.3 Å². The molecule has 0 spiro atoms. The van der Waals surface area contributed by atoms with Gasteiger partial charge in [-0.15, -0.1) is 0 Å². The van der Waals surface area contributed by atoms with Crippen LogP contribution >= 0.6 is 0 Å². The largest absolute Gasteiger partial charge is 0.467 e. The molecule has 2 heterocycles. The predicted octanol–water partition coefficient (Wildman–Crippen LogP) is 2.39. The van der Waals surface area contributed by atoms with Gasteiger partial charge >= 0.3 is 12.0 Å². The number of hydrogen-bond acceptors (Lipinski definition) is 7. The lowest BCUT2D eigenvalue weighted by Gasteiger charge is -2.22. The number of fused-ring (bicyclic) bond motifs is 1. The topological polar surface area (TPSA) is 135 Å². The first-order valence-electron chi connectivity index (χ1n) is 10.7. The van der Waals surface area contributed by atoms with E-state index in [2.05, 4.69) is 10.6 Å². The van der Waals surface area contributed by atoms with Crippen molar-refractivity contribution in [3.8, 4) is 0 Å². The maximum Gasteiger partial charge on any atom is 0.338 e. The third-order valence-electron chi connectivity index (χ3n) is 5.63. The molecular formula is C23H23N3O7. The average Bonchev–Trinajstić information content (AvgIpc) is 3.41. The standard InChI is InChI=1S/C23H23N3O7/c27-19(25-23(31)24-15-5-2-1-3-6-15)13-33-22(30)14-8-9-17-18(11-14)21(29)26(20(17)28)12-16-7-4-10-32-16/h4,7-11,15H,1-3,5-6,12-13H2,(H2,24,25,27,31). The number of amides is 5. The average molecular weight is 453 g/mol. The maximum absolute atomic E-state index is 12.7.